The molecule has 2 unspecified atom stereocenters. The van der Waals surface area contributed by atoms with E-state index in [1.807, 2.05) is 0 Å². The molecular formula is C17H17ClN2O7S. The number of methoxy groups -OCH3 is 1. The maximum absolute atomic E-state index is 11.6. The minimum absolute atomic E-state index is 0.0151. The molecule has 2 atom stereocenters. The molecule has 0 saturated heterocycles. The fourth-order valence-corrected chi connectivity index (χ4v) is 3.59. The molecule has 1 aliphatic rings. The molecule has 9 nitrogen and oxygen atoms in total. The Hall–Kier alpha value is -2.85. The van der Waals surface area contributed by atoms with Crippen LogP contribution in [0.25, 0.3) is 0 Å². The number of nitro benzene ring substituents is 1. The lowest BCUT2D eigenvalue weighted by Crippen LogP contribution is -2.27. The molecule has 0 spiro atoms. The number of alkyl halides is 1. The van der Waals surface area contributed by atoms with Gasteiger partial charge in [0.05, 0.1) is 12.0 Å². The van der Waals surface area contributed by atoms with E-state index in [4.69, 9.17) is 16.3 Å². The number of anilines is 1. The summed E-state index contributed by atoms with van der Waals surface area (Å²) in [7, 11) is -1.32. The van der Waals surface area contributed by atoms with Gasteiger partial charge in [-0.3, -0.25) is 10.1 Å². The first-order chi connectivity index (χ1) is 13.1. The number of carbonyl (C=O) groups is 1. The Labute approximate surface area is 167 Å². The molecular weight excluding hydrogens is 412 g/mol. The van der Waals surface area contributed by atoms with Gasteiger partial charge in [0.1, 0.15) is 33.5 Å². The maximum Gasteiger partial charge on any atom is 0.327 e. The lowest BCUT2D eigenvalue weighted by molar-refractivity contribution is -0.384. The van der Waals surface area contributed by atoms with Crippen molar-refractivity contribution in [2.24, 2.45) is 0 Å². The molecule has 150 valence electrons. The number of rotatable bonds is 6. The highest BCUT2D eigenvalue weighted by Crippen LogP contribution is 2.32. The first-order valence-corrected chi connectivity index (χ1v) is 9.46. The van der Waals surface area contributed by atoms with E-state index in [0.717, 1.165) is 0 Å². The number of nitro groups is 1. The minimum atomic E-state index is -2.53. The first kappa shape index (κ1) is 21.5. The molecule has 0 heterocycles. The highest BCUT2D eigenvalue weighted by molar-refractivity contribution is 7.73. The van der Waals surface area contributed by atoms with Crippen LogP contribution in [0, 0.1) is 10.1 Å². The summed E-state index contributed by atoms with van der Waals surface area (Å²) < 4.78 is 33.0. The van der Waals surface area contributed by atoms with Crippen LogP contribution in [0.2, 0.25) is 0 Å². The Morgan fingerprint density at radius 2 is 2.04 bits per heavy atom. The third kappa shape index (κ3) is 4.70. The number of halogens is 1. The highest BCUT2D eigenvalue weighted by atomic mass is 35.5. The molecule has 1 aromatic carbocycles. The molecule has 1 aliphatic carbocycles. The summed E-state index contributed by atoms with van der Waals surface area (Å²) in [5.74, 6) is -0.285. The van der Waals surface area contributed by atoms with Crippen LogP contribution in [-0.4, -0.2) is 42.7 Å². The zero-order chi connectivity index (χ0) is 21.0. The van der Waals surface area contributed by atoms with Crippen molar-refractivity contribution < 1.29 is 27.6 Å². The van der Waals surface area contributed by atoms with Gasteiger partial charge in [-0.2, -0.15) is 8.42 Å². The normalized spacial score (nSPS) is 17.1. The molecule has 28 heavy (non-hydrogen) atoms. The van der Waals surface area contributed by atoms with Gasteiger partial charge >= 0.3 is 5.97 Å². The zero-order valence-electron chi connectivity index (χ0n) is 15.1. The molecule has 1 aromatic rings. The van der Waals surface area contributed by atoms with Crippen LogP contribution in [0.4, 0.5) is 11.4 Å². The van der Waals surface area contributed by atoms with Crippen LogP contribution in [0.1, 0.15) is 13.8 Å². The molecule has 11 heteroatoms. The van der Waals surface area contributed by atoms with Gasteiger partial charge in [0.25, 0.3) is 5.69 Å². The number of benzene rings is 1. The number of nitrogens with one attached hydrogen (secondary N) is 1. The van der Waals surface area contributed by atoms with Gasteiger partial charge < -0.3 is 14.8 Å². The van der Waals surface area contributed by atoms with E-state index in [0.29, 0.717) is 5.57 Å². The number of esters is 1. The monoisotopic (exact) mass is 428 g/mol. The Balaban J connectivity index is 2.37. The zero-order valence-corrected chi connectivity index (χ0v) is 16.7. The lowest BCUT2D eigenvalue weighted by atomic mass is 10.0. The molecule has 0 aliphatic heterocycles. The van der Waals surface area contributed by atoms with E-state index in [-0.39, 0.29) is 27.7 Å². The number of nitrogens with zero attached hydrogens (tertiary/aromatic N) is 1. The fraction of sp³-hybridized carbons (Fsp3) is 0.294. The van der Waals surface area contributed by atoms with Crippen molar-refractivity contribution in [3.05, 3.63) is 51.8 Å². The Morgan fingerprint density at radius 3 is 2.61 bits per heavy atom. The second kappa shape index (κ2) is 8.89. The van der Waals surface area contributed by atoms with Crippen LogP contribution in [0.15, 0.2) is 41.7 Å². The average Bonchev–Trinajstić information content (AvgIpc) is 2.63. The smallest absolute Gasteiger partial charge is 0.327 e. The van der Waals surface area contributed by atoms with Gasteiger partial charge in [-0.1, -0.05) is 6.08 Å². The molecule has 0 radical (unpaired) electrons. The van der Waals surface area contributed by atoms with Gasteiger partial charge in [0.2, 0.25) is 10.3 Å². The molecule has 0 bridgehead atoms. The first-order valence-electron chi connectivity index (χ1n) is 7.95. The van der Waals surface area contributed by atoms with Crippen molar-refractivity contribution in [3.63, 3.8) is 0 Å². The summed E-state index contributed by atoms with van der Waals surface area (Å²) in [6.07, 6.45) is 3.07. The predicted octanol–water partition coefficient (Wildman–Crippen LogP) is 2.45. The van der Waals surface area contributed by atoms with Crippen LogP contribution >= 0.6 is 11.6 Å². The lowest BCUT2D eigenvalue weighted by Gasteiger charge is -2.20. The molecule has 0 fully saturated rings. The Morgan fingerprint density at radius 1 is 1.36 bits per heavy atom. The largest absolute Gasteiger partial charge is 0.467 e. The average molecular weight is 429 g/mol. The van der Waals surface area contributed by atoms with E-state index >= 15 is 0 Å². The molecule has 1 N–H and O–H groups in total. The van der Waals surface area contributed by atoms with Gasteiger partial charge in [-0.15, -0.1) is 11.6 Å². The van der Waals surface area contributed by atoms with Gasteiger partial charge in [0.15, 0.2) is 0 Å². The standard InChI is InChI=1S/C17H17ClN2O7S/c1-9-4-7-14(15(18)16(9)28(24)25)27-11-5-6-13(20(22)23)12(8-11)19-10(2)17(21)26-3/h4-8,10,15,19H,1-3H3. The topological polar surface area (TPSA) is 125 Å². The summed E-state index contributed by atoms with van der Waals surface area (Å²) in [4.78, 5) is 22.2. The fourth-order valence-electron chi connectivity index (χ4n) is 2.46. The predicted molar refractivity (Wildman–Crippen MR) is 104 cm³/mol. The van der Waals surface area contributed by atoms with Crippen molar-refractivity contribution in [1.82, 2.24) is 0 Å². The van der Waals surface area contributed by atoms with Crippen LogP contribution in [0.5, 0.6) is 5.75 Å². The van der Waals surface area contributed by atoms with Crippen molar-refractivity contribution in [3.8, 4) is 5.75 Å². The van der Waals surface area contributed by atoms with Gasteiger partial charge in [-0.25, -0.2) is 4.79 Å². The van der Waals surface area contributed by atoms with Crippen LogP contribution < -0.4 is 10.1 Å². The second-order valence-electron chi connectivity index (χ2n) is 5.81. The summed E-state index contributed by atoms with van der Waals surface area (Å²) >= 11 is 6.21. The quantitative estimate of drug-likeness (QED) is 0.241. The Kier molecular flexibility index (Phi) is 6.81. The maximum atomic E-state index is 11.6. The van der Waals surface area contributed by atoms with Crippen LogP contribution in [-0.2, 0) is 19.8 Å². The SMILES string of the molecule is COC(=O)C(C)Nc1cc(OC2=CC=C(C)C(=S(=O)=O)C2Cl)ccc1[N+](=O)[O-]. The van der Waals surface area contributed by atoms with Gasteiger partial charge in [-0.05, 0) is 31.6 Å². The summed E-state index contributed by atoms with van der Waals surface area (Å²) in [6, 6.07) is 3.02. The number of hydrogen-bond donors (Lipinski definition) is 1. The number of hydrogen-bond acceptors (Lipinski definition) is 8. The van der Waals surface area contributed by atoms with E-state index in [9.17, 15) is 23.3 Å². The summed E-state index contributed by atoms with van der Waals surface area (Å²) in [5.41, 5.74) is 0.247. The summed E-state index contributed by atoms with van der Waals surface area (Å²) in [6.45, 7) is 3.09. The van der Waals surface area contributed by atoms with Crippen molar-refractivity contribution in [2.75, 3.05) is 12.4 Å². The molecule has 2 rings (SSSR count). The number of carbonyl (C=O) groups excluding carboxylic acids is 1. The third-order valence-electron chi connectivity index (χ3n) is 3.87. The third-order valence-corrected chi connectivity index (χ3v) is 5.35. The molecule has 0 amide bonds. The highest BCUT2D eigenvalue weighted by Gasteiger charge is 2.27. The van der Waals surface area contributed by atoms with E-state index in [1.54, 1.807) is 13.0 Å². The van der Waals surface area contributed by atoms with Crippen molar-refractivity contribution >= 4 is 44.1 Å². The van der Waals surface area contributed by atoms with Crippen molar-refractivity contribution in [1.29, 1.82) is 0 Å². The van der Waals surface area contributed by atoms with Crippen molar-refractivity contribution in [2.45, 2.75) is 25.3 Å². The summed E-state index contributed by atoms with van der Waals surface area (Å²) in [5, 5.41) is 12.9. The second-order valence-corrected chi connectivity index (χ2v) is 7.15. The van der Waals surface area contributed by atoms with Gasteiger partial charge in [0, 0.05) is 12.1 Å². The van der Waals surface area contributed by atoms with Crippen LogP contribution in [0.3, 0.4) is 0 Å². The number of allylic oxidation sites excluding steroid dienone is 4. The number of ether oxygens (including phenoxy) is 2. The van der Waals surface area contributed by atoms with E-state index < -0.39 is 32.6 Å². The Bertz CT molecular complexity index is 1010. The molecule has 0 aromatic heterocycles. The van der Waals surface area contributed by atoms with E-state index in [1.165, 1.54) is 38.3 Å². The minimum Gasteiger partial charge on any atom is -0.467 e. The molecule has 0 saturated carbocycles. The van der Waals surface area contributed by atoms with E-state index in [2.05, 4.69) is 10.1 Å².